The van der Waals surface area contributed by atoms with E-state index in [1.807, 2.05) is 146 Å². The molecule has 6 aliphatic rings. The van der Waals surface area contributed by atoms with Gasteiger partial charge in [0.2, 0.25) is 0 Å². The summed E-state index contributed by atoms with van der Waals surface area (Å²) in [6, 6.07) is 54.0. The van der Waals surface area contributed by atoms with E-state index in [2.05, 4.69) is 0 Å². The van der Waals surface area contributed by atoms with E-state index in [0.717, 1.165) is 22.3 Å². The molecule has 6 aliphatic heterocycles. The highest BCUT2D eigenvalue weighted by atomic mass is 16.6. The molecule has 0 saturated carbocycles. The second-order valence-electron chi connectivity index (χ2n) is 20.6. The number of carbonyl (C=O) groups excluding carboxylic acids is 2. The minimum Gasteiger partial charge on any atom is -0.491 e. The first-order chi connectivity index (χ1) is 43.4. The smallest absolute Gasteiger partial charge is 0.338 e. The average molecular weight is 1210 g/mol. The first kappa shape index (κ1) is 64.7. The molecule has 2 atom stereocenters. The highest BCUT2D eigenvalue weighted by Gasteiger charge is 2.55. The van der Waals surface area contributed by atoms with Gasteiger partial charge >= 0.3 is 11.9 Å². The van der Waals surface area contributed by atoms with Crippen LogP contribution in [0.4, 0.5) is 0 Å². The largest absolute Gasteiger partial charge is 0.491 e. The monoisotopic (exact) mass is 1210 g/mol. The van der Waals surface area contributed by atoms with Gasteiger partial charge in [-0.1, -0.05) is 121 Å². The average Bonchev–Trinajstić information content (AvgIpc) is 1.59. The van der Waals surface area contributed by atoms with E-state index >= 15 is 0 Å². The Kier molecular flexibility index (Phi) is 25.5. The third-order valence-electron chi connectivity index (χ3n) is 14.9. The molecule has 6 heterocycles. The highest BCUT2D eigenvalue weighted by Crippen LogP contribution is 2.53. The molecule has 0 radical (unpaired) electrons. The van der Waals surface area contributed by atoms with Gasteiger partial charge in [0.15, 0.2) is 11.2 Å². The number of esters is 2. The van der Waals surface area contributed by atoms with Crippen molar-refractivity contribution in [3.05, 3.63) is 215 Å². The SMILES string of the molecule is CC1=C2C(=O)OCCOCCOc3ccc(cc3)OCCOCCOC(=O)C3=C(C)OC(c4ccccc4)(c4ccccc4)C3COCCOCCOCCOc3ccc(cc3)OCCOCCOCCOCC2C(c2ccccc2)(c2ccccc2)O1. The molecule has 0 fully saturated rings. The molecule has 6 aromatic rings. The quantitative estimate of drug-likeness (QED) is 0.152. The summed E-state index contributed by atoms with van der Waals surface area (Å²) < 4.78 is 96.4. The van der Waals surface area contributed by atoms with Gasteiger partial charge in [0.05, 0.1) is 129 Å². The van der Waals surface area contributed by atoms with Crippen LogP contribution in [-0.2, 0) is 77.6 Å². The van der Waals surface area contributed by atoms with E-state index in [1.165, 1.54) is 0 Å². The molecule has 0 N–H and O–H groups in total. The maximum Gasteiger partial charge on any atom is 0.338 e. The van der Waals surface area contributed by atoms with Gasteiger partial charge < -0.3 is 75.8 Å². The van der Waals surface area contributed by atoms with Crippen molar-refractivity contribution >= 4 is 11.9 Å². The Morgan fingerprint density at radius 1 is 0.273 bits per heavy atom. The van der Waals surface area contributed by atoms with Gasteiger partial charge in [0.1, 0.15) is 74.2 Å². The van der Waals surface area contributed by atoms with Crippen LogP contribution < -0.4 is 18.9 Å². The van der Waals surface area contributed by atoms with Gasteiger partial charge in [-0.05, 0) is 62.4 Å². The molecule has 0 amide bonds. The summed E-state index contributed by atoms with van der Waals surface area (Å²) in [6.07, 6.45) is 0. The summed E-state index contributed by atoms with van der Waals surface area (Å²) in [6.45, 7) is 9.37. The topological polar surface area (TPSA) is 182 Å². The Morgan fingerprint density at radius 3 is 0.739 bits per heavy atom. The van der Waals surface area contributed by atoms with E-state index in [-0.39, 0.29) is 79.3 Å². The molecule has 18 nitrogen and oxygen atoms in total. The van der Waals surface area contributed by atoms with E-state index in [1.54, 1.807) is 38.1 Å². The number of ether oxygens (including phenoxy) is 16. The molecular weight excluding hydrogens is 1130 g/mol. The molecule has 12 rings (SSSR count). The summed E-state index contributed by atoms with van der Waals surface area (Å²) in [7, 11) is 0. The van der Waals surface area contributed by atoms with Crippen molar-refractivity contribution in [1.82, 2.24) is 0 Å². The Morgan fingerprint density at radius 2 is 0.489 bits per heavy atom. The number of hydrogen-bond donors (Lipinski definition) is 0. The molecule has 0 saturated heterocycles. The van der Waals surface area contributed by atoms with Crippen molar-refractivity contribution in [3.8, 4) is 23.0 Å². The summed E-state index contributed by atoms with van der Waals surface area (Å²) >= 11 is 0. The van der Waals surface area contributed by atoms with Crippen LogP contribution >= 0.6 is 0 Å². The fourth-order valence-corrected chi connectivity index (χ4v) is 10.9. The fraction of sp³-hybridized carbons (Fsp3) is 0.400. The van der Waals surface area contributed by atoms with E-state index < -0.39 is 35.0 Å². The van der Waals surface area contributed by atoms with Crippen LogP contribution in [0.3, 0.4) is 0 Å². The van der Waals surface area contributed by atoms with Gasteiger partial charge in [-0.2, -0.15) is 0 Å². The lowest BCUT2D eigenvalue weighted by Gasteiger charge is -2.36. The molecule has 0 aromatic heterocycles. The van der Waals surface area contributed by atoms with Crippen LogP contribution in [0.5, 0.6) is 23.0 Å². The molecule has 2 unspecified atom stereocenters. The summed E-state index contributed by atoms with van der Waals surface area (Å²) in [5.41, 5.74) is 2.15. The Bertz CT molecular complexity index is 2780. The summed E-state index contributed by atoms with van der Waals surface area (Å²) in [4.78, 5) is 28.2. The Balaban J connectivity index is 0.781. The number of hydrogen-bond acceptors (Lipinski definition) is 18. The Labute approximate surface area is 515 Å². The lowest BCUT2D eigenvalue weighted by molar-refractivity contribution is -0.142. The number of benzene rings is 6. The number of rotatable bonds is 4. The fourth-order valence-electron chi connectivity index (χ4n) is 10.9. The zero-order valence-electron chi connectivity index (χ0n) is 50.2. The van der Waals surface area contributed by atoms with E-state index in [0.29, 0.717) is 112 Å². The molecule has 4 bridgehead atoms. The third-order valence-corrected chi connectivity index (χ3v) is 14.9. The van der Waals surface area contributed by atoms with Crippen LogP contribution in [0, 0.1) is 11.8 Å². The lowest BCUT2D eigenvalue weighted by atomic mass is 9.74. The van der Waals surface area contributed by atoms with Crippen molar-refractivity contribution < 1.29 is 85.4 Å². The van der Waals surface area contributed by atoms with E-state index in [9.17, 15) is 9.59 Å². The predicted octanol–water partition coefficient (Wildman–Crippen LogP) is 9.86. The standard InChI is InChI=1S/C70H80O18/c1-53-65-63(69(87-53,55-15-7-3-8-16-55)56-17-9-4-10-18-56)51-79-37-35-73-31-33-75-39-45-81-59-23-25-60(26-24-59)82-46-40-76-34-32-74-36-38-80-52-64-66(54(2)88-70(64,57-19-11-5-12-20-57)58-21-13-6-14-22-58)68(72)86-50-44-78-42-48-84-62-29-27-61(28-30-62)83-47-41-77-43-49-85-67(65)71/h3-30,63-64H,31-52H2,1-2H3. The summed E-state index contributed by atoms with van der Waals surface area (Å²) in [5, 5.41) is 0. The first-order valence-corrected chi connectivity index (χ1v) is 30.1. The van der Waals surface area contributed by atoms with Crippen LogP contribution in [0.2, 0.25) is 0 Å². The molecule has 6 aromatic carbocycles. The zero-order valence-corrected chi connectivity index (χ0v) is 50.2. The molecule has 88 heavy (non-hydrogen) atoms. The molecule has 0 spiro atoms. The normalized spacial score (nSPS) is 21.0. The second-order valence-corrected chi connectivity index (χ2v) is 20.6. The van der Waals surface area contributed by atoms with Crippen LogP contribution in [0.25, 0.3) is 0 Å². The highest BCUT2D eigenvalue weighted by molar-refractivity contribution is 5.91. The minimum atomic E-state index is -1.07. The number of carbonyl (C=O) groups is 2. The first-order valence-electron chi connectivity index (χ1n) is 30.1. The summed E-state index contributed by atoms with van der Waals surface area (Å²) in [5.74, 6) is 1.41. The molecular formula is C70H80O18. The van der Waals surface area contributed by atoms with E-state index in [4.69, 9.17) is 75.8 Å². The second kappa shape index (κ2) is 34.7. The van der Waals surface area contributed by atoms with Crippen molar-refractivity contribution in [1.29, 1.82) is 0 Å². The predicted molar refractivity (Wildman–Crippen MR) is 325 cm³/mol. The van der Waals surface area contributed by atoms with Crippen molar-refractivity contribution in [2.45, 2.75) is 25.0 Å². The van der Waals surface area contributed by atoms with Crippen molar-refractivity contribution in [2.24, 2.45) is 11.8 Å². The van der Waals surface area contributed by atoms with Gasteiger partial charge in [-0.15, -0.1) is 0 Å². The van der Waals surface area contributed by atoms with Crippen LogP contribution in [-0.4, -0.2) is 157 Å². The molecule has 18 heteroatoms. The van der Waals surface area contributed by atoms with Crippen LogP contribution in [0.1, 0.15) is 36.1 Å². The molecule has 0 aliphatic carbocycles. The van der Waals surface area contributed by atoms with Crippen LogP contribution in [0.15, 0.2) is 193 Å². The van der Waals surface area contributed by atoms with Gasteiger partial charge in [-0.25, -0.2) is 9.59 Å². The van der Waals surface area contributed by atoms with Gasteiger partial charge in [0.25, 0.3) is 0 Å². The van der Waals surface area contributed by atoms with Crippen molar-refractivity contribution in [3.63, 3.8) is 0 Å². The zero-order chi connectivity index (χ0) is 60.9. The number of allylic oxidation sites excluding steroid dienone is 2. The van der Waals surface area contributed by atoms with Gasteiger partial charge in [-0.3, -0.25) is 0 Å². The Hall–Kier alpha value is -7.78. The third kappa shape index (κ3) is 17.7. The van der Waals surface area contributed by atoms with Crippen molar-refractivity contribution in [2.75, 3.05) is 145 Å². The van der Waals surface area contributed by atoms with Gasteiger partial charge in [0, 0.05) is 22.3 Å². The minimum absolute atomic E-state index is 0.0141. The molecule has 468 valence electrons. The maximum absolute atomic E-state index is 14.1. The lowest BCUT2D eigenvalue weighted by Crippen LogP contribution is -2.39. The maximum atomic E-state index is 14.1.